The van der Waals surface area contributed by atoms with Gasteiger partial charge in [0, 0.05) is 12.5 Å². The van der Waals surface area contributed by atoms with Gasteiger partial charge in [-0.15, -0.1) is 0 Å². The molecule has 2 rings (SSSR count). The highest BCUT2D eigenvalue weighted by atomic mass is 16.5. The Hall–Kier alpha value is -2.04. The molecule has 108 valence electrons. The van der Waals surface area contributed by atoms with Crippen LogP contribution >= 0.6 is 0 Å². The fraction of sp³-hybridized carbons (Fsp3) is 0.467. The number of ether oxygens (including phenoxy) is 2. The molecule has 5 nitrogen and oxygen atoms in total. The molecule has 1 N–H and O–H groups in total. The lowest BCUT2D eigenvalue weighted by Crippen LogP contribution is -2.25. The van der Waals surface area contributed by atoms with Crippen molar-refractivity contribution in [2.45, 2.75) is 39.0 Å². The number of hydrogen-bond donors (Lipinski definition) is 1. The Kier molecular flexibility index (Phi) is 4.98. The summed E-state index contributed by atoms with van der Waals surface area (Å²) in [6.45, 7) is 2.14. The number of fused-ring (bicyclic) bond motifs is 1. The lowest BCUT2D eigenvalue weighted by atomic mass is 10.1. The van der Waals surface area contributed by atoms with Gasteiger partial charge in [0.1, 0.15) is 11.5 Å². The minimum atomic E-state index is -0.246. The summed E-state index contributed by atoms with van der Waals surface area (Å²) in [5.41, 5.74) is 0.539. The number of hydrogen-bond acceptors (Lipinski definition) is 4. The largest absolute Gasteiger partial charge is 0.482 e. The first-order valence-corrected chi connectivity index (χ1v) is 6.96. The zero-order chi connectivity index (χ0) is 14.4. The zero-order valence-corrected chi connectivity index (χ0v) is 11.6. The van der Waals surface area contributed by atoms with Gasteiger partial charge >= 0.3 is 5.97 Å². The van der Waals surface area contributed by atoms with Crippen LogP contribution in [0.5, 0.6) is 11.5 Å². The van der Waals surface area contributed by atoms with Crippen LogP contribution in [0, 0.1) is 0 Å². The molecule has 1 aliphatic heterocycles. The van der Waals surface area contributed by atoms with E-state index in [2.05, 4.69) is 12.2 Å². The summed E-state index contributed by atoms with van der Waals surface area (Å²) in [5.74, 6) is 0.562. The summed E-state index contributed by atoms with van der Waals surface area (Å²) in [7, 11) is 0. The van der Waals surface area contributed by atoms with Gasteiger partial charge in [0.05, 0.1) is 5.69 Å². The van der Waals surface area contributed by atoms with Crippen molar-refractivity contribution >= 4 is 17.6 Å². The topological polar surface area (TPSA) is 64.6 Å². The molecule has 0 atom stereocenters. The second kappa shape index (κ2) is 6.93. The van der Waals surface area contributed by atoms with Gasteiger partial charge in [-0.05, 0) is 18.6 Å². The van der Waals surface area contributed by atoms with Gasteiger partial charge in [-0.3, -0.25) is 9.59 Å². The van der Waals surface area contributed by atoms with Crippen molar-refractivity contribution in [3.05, 3.63) is 18.2 Å². The van der Waals surface area contributed by atoms with Crippen LogP contribution < -0.4 is 14.8 Å². The Labute approximate surface area is 118 Å². The van der Waals surface area contributed by atoms with Gasteiger partial charge in [0.15, 0.2) is 6.61 Å². The number of rotatable bonds is 6. The predicted octanol–water partition coefficient (Wildman–Crippen LogP) is 2.89. The smallest absolute Gasteiger partial charge is 0.311 e. The van der Waals surface area contributed by atoms with Crippen LogP contribution in [0.25, 0.3) is 0 Å². The van der Waals surface area contributed by atoms with Crippen LogP contribution in [0.3, 0.4) is 0 Å². The van der Waals surface area contributed by atoms with Crippen LogP contribution in [0.4, 0.5) is 5.69 Å². The van der Waals surface area contributed by atoms with Crippen molar-refractivity contribution in [3.63, 3.8) is 0 Å². The lowest BCUT2D eigenvalue weighted by molar-refractivity contribution is -0.134. The Morgan fingerprint density at radius 3 is 3.00 bits per heavy atom. The number of nitrogens with one attached hydrogen (secondary N) is 1. The number of unbranched alkanes of at least 4 members (excludes halogenated alkanes) is 3. The average molecular weight is 277 g/mol. The molecule has 1 amide bonds. The van der Waals surface area contributed by atoms with Crippen LogP contribution in [-0.2, 0) is 9.59 Å². The summed E-state index contributed by atoms with van der Waals surface area (Å²) in [5, 5.41) is 2.68. The Balaban J connectivity index is 1.88. The molecule has 0 saturated heterocycles. The molecule has 0 saturated carbocycles. The van der Waals surface area contributed by atoms with Crippen molar-refractivity contribution in [2.75, 3.05) is 11.9 Å². The van der Waals surface area contributed by atoms with Crippen molar-refractivity contribution in [3.8, 4) is 11.5 Å². The molecule has 0 aromatic heterocycles. The molecule has 0 spiro atoms. The van der Waals surface area contributed by atoms with Gasteiger partial charge in [-0.1, -0.05) is 26.2 Å². The second-order valence-electron chi connectivity index (χ2n) is 4.78. The maximum Gasteiger partial charge on any atom is 0.311 e. The molecule has 0 fully saturated rings. The normalized spacial score (nSPS) is 13.2. The number of benzene rings is 1. The maximum atomic E-state index is 11.7. The van der Waals surface area contributed by atoms with Gasteiger partial charge in [-0.2, -0.15) is 0 Å². The highest BCUT2D eigenvalue weighted by Gasteiger charge is 2.17. The van der Waals surface area contributed by atoms with Crippen LogP contribution in [0.2, 0.25) is 0 Å². The Morgan fingerprint density at radius 2 is 2.20 bits per heavy atom. The van der Waals surface area contributed by atoms with Crippen molar-refractivity contribution in [1.82, 2.24) is 0 Å². The number of amides is 1. The maximum absolute atomic E-state index is 11.7. The van der Waals surface area contributed by atoms with Gasteiger partial charge < -0.3 is 14.8 Å². The molecule has 0 bridgehead atoms. The first-order chi connectivity index (χ1) is 9.69. The molecule has 0 unspecified atom stereocenters. The zero-order valence-electron chi connectivity index (χ0n) is 11.6. The lowest BCUT2D eigenvalue weighted by Gasteiger charge is -2.18. The second-order valence-corrected chi connectivity index (χ2v) is 4.78. The summed E-state index contributed by atoms with van der Waals surface area (Å²) in [4.78, 5) is 22.9. The molecule has 0 radical (unpaired) electrons. The van der Waals surface area contributed by atoms with E-state index in [-0.39, 0.29) is 18.5 Å². The Bertz CT molecular complexity index is 499. The molecular weight excluding hydrogens is 258 g/mol. The fourth-order valence-corrected chi connectivity index (χ4v) is 2.00. The van der Waals surface area contributed by atoms with Crippen molar-refractivity contribution in [2.24, 2.45) is 0 Å². The van der Waals surface area contributed by atoms with Gasteiger partial charge in [-0.25, -0.2) is 0 Å². The third kappa shape index (κ3) is 3.98. The standard InChI is InChI=1S/C15H19NO4/c1-2-3-4-5-6-15(18)20-11-7-8-13-12(9-11)16-14(17)10-19-13/h7-9H,2-6,10H2,1H3,(H,16,17). The summed E-state index contributed by atoms with van der Waals surface area (Å²) in [6.07, 6.45) is 4.58. The monoisotopic (exact) mass is 277 g/mol. The molecule has 1 heterocycles. The highest BCUT2D eigenvalue weighted by molar-refractivity contribution is 5.95. The van der Waals surface area contributed by atoms with Gasteiger partial charge in [0.2, 0.25) is 0 Å². The average Bonchev–Trinajstić information content (AvgIpc) is 2.43. The number of anilines is 1. The van der Waals surface area contributed by atoms with E-state index in [1.807, 2.05) is 0 Å². The van der Waals surface area contributed by atoms with Crippen molar-refractivity contribution < 1.29 is 19.1 Å². The molecule has 1 aromatic carbocycles. The van der Waals surface area contributed by atoms with E-state index in [0.717, 1.165) is 25.7 Å². The van der Waals surface area contributed by atoms with Gasteiger partial charge in [0.25, 0.3) is 5.91 Å². The number of esters is 1. The Morgan fingerprint density at radius 1 is 1.35 bits per heavy atom. The first-order valence-electron chi connectivity index (χ1n) is 6.96. The third-order valence-corrected chi connectivity index (χ3v) is 3.05. The van der Waals surface area contributed by atoms with E-state index in [4.69, 9.17) is 9.47 Å². The van der Waals surface area contributed by atoms with E-state index < -0.39 is 0 Å². The van der Waals surface area contributed by atoms with E-state index in [0.29, 0.717) is 23.6 Å². The van der Waals surface area contributed by atoms with E-state index in [1.54, 1.807) is 18.2 Å². The summed E-state index contributed by atoms with van der Waals surface area (Å²) >= 11 is 0. The summed E-state index contributed by atoms with van der Waals surface area (Å²) < 4.78 is 10.5. The van der Waals surface area contributed by atoms with E-state index in [1.165, 1.54) is 0 Å². The minimum Gasteiger partial charge on any atom is -0.482 e. The minimum absolute atomic E-state index is 0.0174. The van der Waals surface area contributed by atoms with Crippen LogP contribution in [0.1, 0.15) is 39.0 Å². The van der Waals surface area contributed by atoms with Crippen molar-refractivity contribution in [1.29, 1.82) is 0 Å². The quantitative estimate of drug-likeness (QED) is 0.493. The predicted molar refractivity (Wildman–Crippen MR) is 75.0 cm³/mol. The highest BCUT2D eigenvalue weighted by Crippen LogP contribution is 2.31. The molecule has 1 aromatic rings. The number of carbonyl (C=O) groups excluding carboxylic acids is 2. The van der Waals surface area contributed by atoms with E-state index in [9.17, 15) is 9.59 Å². The van der Waals surface area contributed by atoms with Crippen LogP contribution in [0.15, 0.2) is 18.2 Å². The van der Waals surface area contributed by atoms with Crippen LogP contribution in [-0.4, -0.2) is 18.5 Å². The SMILES string of the molecule is CCCCCCC(=O)Oc1ccc2c(c1)NC(=O)CO2. The summed E-state index contributed by atoms with van der Waals surface area (Å²) in [6, 6.07) is 4.96. The van der Waals surface area contributed by atoms with E-state index >= 15 is 0 Å². The first kappa shape index (κ1) is 14.4. The molecule has 1 aliphatic rings. The third-order valence-electron chi connectivity index (χ3n) is 3.05. The number of carbonyl (C=O) groups is 2. The molecule has 20 heavy (non-hydrogen) atoms. The molecule has 0 aliphatic carbocycles. The fourth-order valence-electron chi connectivity index (χ4n) is 2.00. The molecular formula is C15H19NO4. The molecule has 5 heteroatoms.